The van der Waals surface area contributed by atoms with E-state index in [0.29, 0.717) is 5.92 Å². The lowest BCUT2D eigenvalue weighted by Crippen LogP contribution is -2.15. The van der Waals surface area contributed by atoms with Crippen LogP contribution >= 0.6 is 0 Å². The molecule has 0 bridgehead atoms. The van der Waals surface area contributed by atoms with Gasteiger partial charge in [0.15, 0.2) is 0 Å². The van der Waals surface area contributed by atoms with Crippen LogP contribution in [0.2, 0.25) is 0 Å². The van der Waals surface area contributed by atoms with Crippen molar-refractivity contribution in [2.75, 3.05) is 7.11 Å². The van der Waals surface area contributed by atoms with Crippen molar-refractivity contribution in [1.82, 2.24) is 0 Å². The summed E-state index contributed by atoms with van der Waals surface area (Å²) in [6, 6.07) is 0. The smallest absolute Gasteiger partial charge is 0.308 e. The molecule has 0 amide bonds. The Labute approximate surface area is 190 Å². The standard InChI is InChI=1S/C29H46O2/c1-4-18-7-25(18)15-29(5-6-29)16-26-13-23(26)11-21-9-19(21)8-20-10-22(20)12-24-14-27(24)17(2)28(30)31-3/h17-27H,4-16H2,1-3H3. The number of rotatable bonds is 13. The van der Waals surface area contributed by atoms with Gasteiger partial charge in [0, 0.05) is 0 Å². The van der Waals surface area contributed by atoms with Gasteiger partial charge in [-0.2, -0.15) is 0 Å². The third kappa shape index (κ3) is 4.74. The fraction of sp³-hybridized carbons (Fsp3) is 0.966. The highest BCUT2D eigenvalue weighted by Gasteiger charge is 2.55. The molecule has 11 unspecified atom stereocenters. The molecule has 0 heterocycles. The van der Waals surface area contributed by atoms with Crippen LogP contribution in [0.5, 0.6) is 0 Å². The van der Waals surface area contributed by atoms with Gasteiger partial charge in [-0.1, -0.05) is 20.3 Å². The number of esters is 1. The molecular weight excluding hydrogens is 380 g/mol. The number of methoxy groups -OCH3 is 1. The van der Waals surface area contributed by atoms with Crippen LogP contribution < -0.4 is 0 Å². The van der Waals surface area contributed by atoms with Crippen LogP contribution in [0.15, 0.2) is 0 Å². The number of ether oxygens (including phenoxy) is 1. The van der Waals surface area contributed by atoms with Crippen molar-refractivity contribution < 1.29 is 9.53 Å². The second-order valence-corrected chi connectivity index (χ2v) is 13.5. The van der Waals surface area contributed by atoms with Crippen LogP contribution in [0.3, 0.4) is 0 Å². The number of carbonyl (C=O) groups is 1. The first-order chi connectivity index (χ1) is 15.0. The second-order valence-electron chi connectivity index (χ2n) is 13.5. The van der Waals surface area contributed by atoms with E-state index in [2.05, 4.69) is 13.8 Å². The highest BCUT2D eigenvalue weighted by atomic mass is 16.5. The van der Waals surface area contributed by atoms with E-state index in [1.807, 2.05) is 0 Å². The van der Waals surface area contributed by atoms with Crippen molar-refractivity contribution in [2.45, 2.75) is 97.3 Å². The molecule has 0 N–H and O–H groups in total. The van der Waals surface area contributed by atoms with Crippen LogP contribution in [-0.4, -0.2) is 13.1 Å². The molecule has 6 fully saturated rings. The predicted octanol–water partition coefficient (Wildman–Crippen LogP) is 7.12. The first kappa shape index (κ1) is 21.0. The lowest BCUT2D eigenvalue weighted by atomic mass is 9.90. The summed E-state index contributed by atoms with van der Waals surface area (Å²) in [4.78, 5) is 11.7. The Balaban J connectivity index is 0.848. The van der Waals surface area contributed by atoms with E-state index in [-0.39, 0.29) is 11.9 Å². The fourth-order valence-corrected chi connectivity index (χ4v) is 8.15. The molecule has 6 aliphatic rings. The molecule has 6 rings (SSSR count). The minimum atomic E-state index is 0.00403. The monoisotopic (exact) mass is 426 g/mol. The summed E-state index contributed by atoms with van der Waals surface area (Å²) in [5, 5.41) is 0. The van der Waals surface area contributed by atoms with Crippen molar-refractivity contribution in [3.05, 3.63) is 0 Å². The van der Waals surface area contributed by atoms with Crippen molar-refractivity contribution in [3.8, 4) is 0 Å². The summed E-state index contributed by atoms with van der Waals surface area (Å²) < 4.78 is 4.94. The van der Waals surface area contributed by atoms with Gasteiger partial charge in [-0.3, -0.25) is 4.79 Å². The molecule has 31 heavy (non-hydrogen) atoms. The largest absolute Gasteiger partial charge is 0.469 e. The van der Waals surface area contributed by atoms with E-state index in [1.54, 1.807) is 57.8 Å². The molecule has 2 nitrogen and oxygen atoms in total. The lowest BCUT2D eigenvalue weighted by Gasteiger charge is -2.15. The molecule has 6 saturated carbocycles. The molecule has 0 aromatic rings. The quantitative estimate of drug-likeness (QED) is 0.293. The summed E-state index contributed by atoms with van der Waals surface area (Å²) in [7, 11) is 1.53. The maximum absolute atomic E-state index is 11.7. The Morgan fingerprint density at radius 3 is 1.77 bits per heavy atom. The van der Waals surface area contributed by atoms with Gasteiger partial charge in [-0.15, -0.1) is 0 Å². The Bertz CT molecular complexity index is 695. The van der Waals surface area contributed by atoms with Gasteiger partial charge in [0.2, 0.25) is 0 Å². The summed E-state index contributed by atoms with van der Waals surface area (Å²) in [6.07, 6.45) is 19.8. The number of carbonyl (C=O) groups excluding carboxylic acids is 1. The van der Waals surface area contributed by atoms with Gasteiger partial charge in [-0.25, -0.2) is 0 Å². The Kier molecular flexibility index (Phi) is 5.27. The van der Waals surface area contributed by atoms with Crippen molar-refractivity contribution in [2.24, 2.45) is 70.5 Å². The van der Waals surface area contributed by atoms with Crippen LogP contribution in [0.1, 0.15) is 97.3 Å². The van der Waals surface area contributed by atoms with Crippen molar-refractivity contribution in [1.29, 1.82) is 0 Å². The number of hydrogen-bond acceptors (Lipinski definition) is 2. The molecular formula is C29H46O2. The van der Waals surface area contributed by atoms with E-state index in [1.165, 1.54) is 32.8 Å². The van der Waals surface area contributed by atoms with Crippen LogP contribution in [0, 0.1) is 70.5 Å². The summed E-state index contributed by atoms with van der Waals surface area (Å²) in [6.45, 7) is 4.46. The molecule has 2 heteroatoms. The van der Waals surface area contributed by atoms with E-state index in [9.17, 15) is 4.79 Å². The zero-order valence-corrected chi connectivity index (χ0v) is 20.4. The van der Waals surface area contributed by atoms with Gasteiger partial charge < -0.3 is 4.74 Å². The fourth-order valence-electron chi connectivity index (χ4n) is 8.15. The van der Waals surface area contributed by atoms with Crippen LogP contribution in [0.4, 0.5) is 0 Å². The van der Waals surface area contributed by atoms with E-state index in [4.69, 9.17) is 4.74 Å². The maximum Gasteiger partial charge on any atom is 0.308 e. The van der Waals surface area contributed by atoms with E-state index >= 15 is 0 Å². The molecule has 0 radical (unpaired) electrons. The highest BCUT2D eigenvalue weighted by Crippen LogP contribution is 2.66. The third-order valence-corrected chi connectivity index (χ3v) is 11.2. The van der Waals surface area contributed by atoms with Crippen molar-refractivity contribution in [3.63, 3.8) is 0 Å². The normalized spacial score (nSPS) is 48.6. The zero-order valence-electron chi connectivity index (χ0n) is 20.4. The average molecular weight is 427 g/mol. The lowest BCUT2D eigenvalue weighted by molar-refractivity contribution is -0.145. The summed E-state index contributed by atoms with van der Waals surface area (Å²) in [5.41, 5.74) is 0.838. The molecule has 0 saturated heterocycles. The SMILES string of the molecule is CCC1CC1CC1(CC2CC2CC2CC2CC2CC2CC2CC2C(C)C(=O)OC)CC1. The highest BCUT2D eigenvalue weighted by molar-refractivity contribution is 5.72. The average Bonchev–Trinajstić information content (AvgIpc) is 3.59. The Hall–Kier alpha value is -0.530. The van der Waals surface area contributed by atoms with Gasteiger partial charge in [-0.05, 0) is 142 Å². The minimum Gasteiger partial charge on any atom is -0.469 e. The first-order valence-electron chi connectivity index (χ1n) is 14.1. The van der Waals surface area contributed by atoms with Crippen LogP contribution in [-0.2, 0) is 9.53 Å². The van der Waals surface area contributed by atoms with Crippen molar-refractivity contribution >= 4 is 5.97 Å². The van der Waals surface area contributed by atoms with Gasteiger partial charge in [0.25, 0.3) is 0 Å². The minimum absolute atomic E-state index is 0.00403. The predicted molar refractivity (Wildman–Crippen MR) is 124 cm³/mol. The zero-order chi connectivity index (χ0) is 21.3. The van der Waals surface area contributed by atoms with Gasteiger partial charge >= 0.3 is 5.97 Å². The maximum atomic E-state index is 11.7. The topological polar surface area (TPSA) is 26.3 Å². The Morgan fingerprint density at radius 1 is 0.774 bits per heavy atom. The van der Waals surface area contributed by atoms with Gasteiger partial charge in [0.1, 0.15) is 0 Å². The molecule has 6 aliphatic carbocycles. The summed E-state index contributed by atoms with van der Waals surface area (Å²) >= 11 is 0. The van der Waals surface area contributed by atoms with Crippen LogP contribution in [0.25, 0.3) is 0 Å². The third-order valence-electron chi connectivity index (χ3n) is 11.2. The van der Waals surface area contributed by atoms with Gasteiger partial charge in [0.05, 0.1) is 13.0 Å². The molecule has 0 aromatic heterocycles. The first-order valence-corrected chi connectivity index (χ1v) is 14.1. The molecule has 0 spiro atoms. The second kappa shape index (κ2) is 7.76. The number of hydrogen-bond donors (Lipinski definition) is 0. The molecule has 0 aliphatic heterocycles. The molecule has 11 atom stereocenters. The summed E-state index contributed by atoms with van der Waals surface area (Å²) in [5.74, 6) is 10.3. The molecule has 0 aromatic carbocycles. The molecule has 174 valence electrons. The van der Waals surface area contributed by atoms with E-state index in [0.717, 1.165) is 58.7 Å². The van der Waals surface area contributed by atoms with E-state index < -0.39 is 0 Å². The Morgan fingerprint density at radius 2 is 1.26 bits per heavy atom.